The number of benzene rings is 2. The van der Waals surface area contributed by atoms with E-state index in [0.717, 1.165) is 0 Å². The number of aromatic nitrogens is 1. The van der Waals surface area contributed by atoms with Crippen LogP contribution in [0.3, 0.4) is 0 Å². The largest absolute Gasteiger partial charge is 0.447 e. The maximum atomic E-state index is 12.8. The van der Waals surface area contributed by atoms with E-state index < -0.39 is 28.0 Å². The molecule has 4 rings (SSSR count). The van der Waals surface area contributed by atoms with Gasteiger partial charge in [-0.15, -0.1) is 0 Å². The van der Waals surface area contributed by atoms with Gasteiger partial charge in [-0.05, 0) is 19.1 Å². The summed E-state index contributed by atoms with van der Waals surface area (Å²) in [6.45, 7) is 1.65. The molecule has 170 valence electrons. The smallest absolute Gasteiger partial charge is 0.308 e. The molecule has 10 nitrogen and oxygen atoms in total. The monoisotopic (exact) mass is 468 g/mol. The van der Waals surface area contributed by atoms with E-state index in [9.17, 15) is 18.0 Å². The number of aliphatic imine (C=N–C) groups is 1. The van der Waals surface area contributed by atoms with Crippen molar-refractivity contribution >= 4 is 33.6 Å². The lowest BCUT2D eigenvalue weighted by Crippen LogP contribution is -2.26. The predicted octanol–water partition coefficient (Wildman–Crippen LogP) is 2.33. The molecule has 0 fully saturated rings. The average Bonchev–Trinajstić information content (AvgIpc) is 3.32. The Labute approximate surface area is 189 Å². The number of rotatable bonds is 7. The van der Waals surface area contributed by atoms with E-state index in [1.54, 1.807) is 61.5 Å². The van der Waals surface area contributed by atoms with Crippen molar-refractivity contribution in [2.75, 3.05) is 11.9 Å². The second-order valence-electron chi connectivity index (χ2n) is 7.17. The minimum absolute atomic E-state index is 0.0311. The van der Waals surface area contributed by atoms with Crippen molar-refractivity contribution in [2.24, 2.45) is 4.99 Å². The lowest BCUT2D eigenvalue weighted by Gasteiger charge is -2.17. The molecule has 2 heterocycles. The van der Waals surface area contributed by atoms with Crippen LogP contribution < -0.4 is 10.0 Å². The van der Waals surface area contributed by atoms with Gasteiger partial charge in [-0.3, -0.25) is 19.3 Å². The number of carbonyl (C=O) groups excluding carboxylic acids is 2. The van der Waals surface area contributed by atoms with Crippen molar-refractivity contribution < 1.29 is 27.3 Å². The third-order valence-corrected chi connectivity index (χ3v) is 6.11. The van der Waals surface area contributed by atoms with Gasteiger partial charge in [-0.1, -0.05) is 47.6 Å². The quantitative estimate of drug-likeness (QED) is 0.507. The van der Waals surface area contributed by atoms with Crippen LogP contribution in [0.4, 0.5) is 5.82 Å². The summed E-state index contributed by atoms with van der Waals surface area (Å²) < 4.78 is 37.0. The van der Waals surface area contributed by atoms with Gasteiger partial charge in [0.25, 0.3) is 15.9 Å². The van der Waals surface area contributed by atoms with Crippen LogP contribution in [0.1, 0.15) is 29.4 Å². The van der Waals surface area contributed by atoms with Crippen LogP contribution in [0.2, 0.25) is 0 Å². The summed E-state index contributed by atoms with van der Waals surface area (Å²) in [5, 5.41) is 6.28. The number of hydrogen-bond donors (Lipinski definition) is 2. The fourth-order valence-corrected chi connectivity index (χ4v) is 4.47. The number of nitrogens with one attached hydrogen (secondary N) is 2. The van der Waals surface area contributed by atoms with Crippen LogP contribution >= 0.6 is 0 Å². The van der Waals surface area contributed by atoms with Gasteiger partial charge >= 0.3 is 5.97 Å². The Morgan fingerprint density at radius 1 is 1.15 bits per heavy atom. The summed E-state index contributed by atoms with van der Waals surface area (Å²) >= 11 is 0. The summed E-state index contributed by atoms with van der Waals surface area (Å²) in [5.74, 6) is -0.382. The molecule has 1 aliphatic rings. The topological polar surface area (TPSA) is 140 Å². The van der Waals surface area contributed by atoms with E-state index in [0.29, 0.717) is 16.9 Å². The number of amidine groups is 1. The van der Waals surface area contributed by atoms with Gasteiger partial charge in [0.1, 0.15) is 11.6 Å². The molecule has 1 aromatic heterocycles. The van der Waals surface area contributed by atoms with Gasteiger partial charge < -0.3 is 14.6 Å². The summed E-state index contributed by atoms with van der Waals surface area (Å²) in [6, 6.07) is 16.5. The molecule has 3 aromatic rings. The average molecular weight is 468 g/mol. The van der Waals surface area contributed by atoms with Crippen LogP contribution in [0, 0.1) is 6.92 Å². The first-order valence-corrected chi connectivity index (χ1v) is 11.5. The van der Waals surface area contributed by atoms with Gasteiger partial charge in [0, 0.05) is 17.2 Å². The molecule has 0 spiro atoms. The normalized spacial score (nSPS) is 16.0. The molecule has 0 saturated carbocycles. The first-order chi connectivity index (χ1) is 15.8. The van der Waals surface area contributed by atoms with E-state index in [1.807, 2.05) is 0 Å². The molecule has 0 aliphatic carbocycles. The van der Waals surface area contributed by atoms with Crippen LogP contribution in [-0.2, 0) is 24.3 Å². The van der Waals surface area contributed by atoms with Crippen molar-refractivity contribution in [3.8, 4) is 0 Å². The van der Waals surface area contributed by atoms with E-state index in [2.05, 4.69) is 20.2 Å². The molecule has 1 amide bonds. The number of aryl methyl sites for hydroxylation is 1. The van der Waals surface area contributed by atoms with Crippen molar-refractivity contribution in [3.05, 3.63) is 77.6 Å². The van der Waals surface area contributed by atoms with Crippen molar-refractivity contribution in [3.63, 3.8) is 0 Å². The molecule has 2 N–H and O–H groups in total. The van der Waals surface area contributed by atoms with Gasteiger partial charge in [0.05, 0.1) is 17.9 Å². The molecule has 33 heavy (non-hydrogen) atoms. The highest BCUT2D eigenvalue weighted by atomic mass is 32.2. The number of esters is 1. The molecule has 2 aromatic carbocycles. The van der Waals surface area contributed by atoms with Gasteiger partial charge in [-0.2, -0.15) is 0 Å². The molecule has 1 atom stereocenters. The van der Waals surface area contributed by atoms with E-state index in [4.69, 9.17) is 9.26 Å². The van der Waals surface area contributed by atoms with Crippen molar-refractivity contribution in [2.45, 2.75) is 24.3 Å². The third-order valence-electron chi connectivity index (χ3n) is 4.72. The lowest BCUT2D eigenvalue weighted by atomic mass is 10.1. The SMILES string of the molecule is Cc1cc(NC(=O)C(OC(=O)CCN=C2NS(=O)(=O)c3ccccc32)c2ccccc2)no1. The second kappa shape index (κ2) is 9.25. The summed E-state index contributed by atoms with van der Waals surface area (Å²) in [4.78, 5) is 29.6. The highest BCUT2D eigenvalue weighted by Gasteiger charge is 2.30. The molecule has 0 radical (unpaired) electrons. The van der Waals surface area contributed by atoms with Crippen LogP contribution in [0.25, 0.3) is 0 Å². The molecule has 1 aliphatic heterocycles. The van der Waals surface area contributed by atoms with Gasteiger partial charge in [0.15, 0.2) is 5.82 Å². The van der Waals surface area contributed by atoms with Crippen LogP contribution in [0.5, 0.6) is 0 Å². The first kappa shape index (κ1) is 22.2. The lowest BCUT2D eigenvalue weighted by molar-refractivity contribution is -0.154. The van der Waals surface area contributed by atoms with Crippen molar-refractivity contribution in [1.29, 1.82) is 0 Å². The minimum atomic E-state index is -3.66. The van der Waals surface area contributed by atoms with E-state index in [1.165, 1.54) is 6.07 Å². The number of amides is 1. The van der Waals surface area contributed by atoms with Gasteiger partial charge in [0.2, 0.25) is 6.10 Å². The Hall–Kier alpha value is -3.99. The standard InChI is InChI=1S/C22H20N4O6S/c1-14-13-18(25-32-14)24-22(28)20(15-7-3-2-4-8-15)31-19(27)11-12-23-21-16-9-5-6-10-17(16)33(29,30)26-21/h2-10,13,20H,11-12H2,1H3,(H,23,26)(H,24,25,28). The number of sulfonamides is 1. The maximum Gasteiger partial charge on any atom is 0.308 e. The zero-order chi connectivity index (χ0) is 23.4. The summed E-state index contributed by atoms with van der Waals surface area (Å²) in [7, 11) is -3.66. The highest BCUT2D eigenvalue weighted by molar-refractivity contribution is 7.90. The maximum absolute atomic E-state index is 12.8. The predicted molar refractivity (Wildman–Crippen MR) is 118 cm³/mol. The fraction of sp³-hybridized carbons (Fsp3) is 0.182. The van der Waals surface area contributed by atoms with E-state index in [-0.39, 0.29) is 29.5 Å². The number of ether oxygens (including phenoxy) is 1. The number of nitrogens with zero attached hydrogens (tertiary/aromatic N) is 2. The first-order valence-electron chi connectivity index (χ1n) is 9.99. The van der Waals surface area contributed by atoms with Crippen LogP contribution in [-0.4, -0.2) is 37.8 Å². The highest BCUT2D eigenvalue weighted by Crippen LogP contribution is 2.23. The molecule has 1 unspecified atom stereocenters. The molecular formula is C22H20N4O6S. The number of hydrogen-bond acceptors (Lipinski definition) is 8. The Bertz CT molecular complexity index is 1320. The third kappa shape index (κ3) is 5.09. The Morgan fingerprint density at radius 3 is 2.61 bits per heavy atom. The Balaban J connectivity index is 1.43. The molecule has 11 heteroatoms. The number of fused-ring (bicyclic) bond motifs is 1. The fourth-order valence-electron chi connectivity index (χ4n) is 3.22. The Morgan fingerprint density at radius 2 is 1.88 bits per heavy atom. The zero-order valence-corrected chi connectivity index (χ0v) is 18.3. The summed E-state index contributed by atoms with van der Waals surface area (Å²) in [6.07, 6.45) is -1.37. The number of carbonyl (C=O) groups is 2. The Kier molecular flexibility index (Phi) is 6.22. The minimum Gasteiger partial charge on any atom is -0.447 e. The van der Waals surface area contributed by atoms with E-state index >= 15 is 0 Å². The molecular weight excluding hydrogens is 448 g/mol. The zero-order valence-electron chi connectivity index (χ0n) is 17.5. The molecule has 0 bridgehead atoms. The van der Waals surface area contributed by atoms with Gasteiger partial charge in [-0.25, -0.2) is 8.42 Å². The molecule has 0 saturated heterocycles. The number of anilines is 1. The van der Waals surface area contributed by atoms with Crippen LogP contribution in [0.15, 0.2) is 75.1 Å². The van der Waals surface area contributed by atoms with Crippen molar-refractivity contribution in [1.82, 2.24) is 9.88 Å². The second-order valence-corrected chi connectivity index (χ2v) is 8.83. The summed E-state index contributed by atoms with van der Waals surface area (Å²) in [5.41, 5.74) is 0.919.